The Balaban J connectivity index is 1.90. The molecule has 2 heterocycles. The summed E-state index contributed by atoms with van der Waals surface area (Å²) < 4.78 is 5.53. The zero-order valence-corrected chi connectivity index (χ0v) is 12.1. The van der Waals surface area contributed by atoms with E-state index in [2.05, 4.69) is 15.5 Å². The maximum Gasteiger partial charge on any atom is 0.274 e. The van der Waals surface area contributed by atoms with Crippen molar-refractivity contribution in [2.45, 2.75) is 32.8 Å². The number of carbonyl (C=O) groups is 1. The Morgan fingerprint density at radius 2 is 2.20 bits per heavy atom. The standard InChI is InChI=1S/C14H22N4O2/c1-3-18(4-2)14(19)12-7-8-13(17-16-12)15-10-11-6-5-9-20-11/h7-8,11H,3-6,9-10H2,1-2H3,(H,15,17). The maximum atomic E-state index is 12.1. The molecular formula is C14H22N4O2. The van der Waals surface area contributed by atoms with Crippen LogP contribution in [0.5, 0.6) is 0 Å². The lowest BCUT2D eigenvalue weighted by Gasteiger charge is -2.17. The average Bonchev–Trinajstić information content (AvgIpc) is 3.00. The van der Waals surface area contributed by atoms with Crippen molar-refractivity contribution in [2.75, 3.05) is 31.6 Å². The third kappa shape index (κ3) is 3.66. The highest BCUT2D eigenvalue weighted by Gasteiger charge is 2.16. The summed E-state index contributed by atoms with van der Waals surface area (Å²) in [5.74, 6) is 0.602. The predicted molar refractivity (Wildman–Crippen MR) is 76.7 cm³/mol. The van der Waals surface area contributed by atoms with E-state index in [0.717, 1.165) is 26.0 Å². The van der Waals surface area contributed by atoms with Crippen molar-refractivity contribution in [2.24, 2.45) is 0 Å². The number of hydrogen-bond donors (Lipinski definition) is 1. The topological polar surface area (TPSA) is 67.4 Å². The van der Waals surface area contributed by atoms with Crippen LogP contribution >= 0.6 is 0 Å². The molecule has 0 radical (unpaired) electrons. The first-order valence-electron chi connectivity index (χ1n) is 7.23. The van der Waals surface area contributed by atoms with Gasteiger partial charge in [0.2, 0.25) is 0 Å². The molecule has 2 rings (SSSR count). The highest BCUT2D eigenvalue weighted by atomic mass is 16.5. The van der Waals surface area contributed by atoms with Gasteiger partial charge in [0.15, 0.2) is 5.69 Å². The molecule has 0 aliphatic carbocycles. The molecule has 0 saturated carbocycles. The molecule has 6 nitrogen and oxygen atoms in total. The summed E-state index contributed by atoms with van der Waals surface area (Å²) in [5, 5.41) is 11.2. The van der Waals surface area contributed by atoms with E-state index in [0.29, 0.717) is 24.6 Å². The van der Waals surface area contributed by atoms with E-state index >= 15 is 0 Å². The largest absolute Gasteiger partial charge is 0.376 e. The molecule has 1 aliphatic rings. The van der Waals surface area contributed by atoms with Crippen LogP contribution in [0, 0.1) is 0 Å². The average molecular weight is 278 g/mol. The second-order valence-electron chi connectivity index (χ2n) is 4.80. The molecule has 1 atom stereocenters. The minimum Gasteiger partial charge on any atom is -0.376 e. The minimum atomic E-state index is -0.0758. The normalized spacial score (nSPS) is 18.0. The van der Waals surface area contributed by atoms with Crippen molar-refractivity contribution in [3.05, 3.63) is 17.8 Å². The van der Waals surface area contributed by atoms with Crippen LogP contribution in [0.4, 0.5) is 5.82 Å². The fourth-order valence-corrected chi connectivity index (χ4v) is 2.24. The van der Waals surface area contributed by atoms with Crippen LogP contribution in [0.25, 0.3) is 0 Å². The highest BCUT2D eigenvalue weighted by Crippen LogP contribution is 2.13. The van der Waals surface area contributed by atoms with E-state index in [9.17, 15) is 4.79 Å². The highest BCUT2D eigenvalue weighted by molar-refractivity contribution is 5.92. The molecule has 1 aromatic rings. The number of carbonyl (C=O) groups excluding carboxylic acids is 1. The lowest BCUT2D eigenvalue weighted by molar-refractivity contribution is 0.0766. The molecule has 6 heteroatoms. The number of nitrogens with one attached hydrogen (secondary N) is 1. The summed E-state index contributed by atoms with van der Waals surface area (Å²) in [6.45, 7) is 6.83. The lowest BCUT2D eigenvalue weighted by atomic mass is 10.2. The van der Waals surface area contributed by atoms with Crippen molar-refractivity contribution in [1.82, 2.24) is 15.1 Å². The van der Waals surface area contributed by atoms with E-state index in [1.54, 1.807) is 17.0 Å². The van der Waals surface area contributed by atoms with E-state index in [4.69, 9.17) is 4.74 Å². The summed E-state index contributed by atoms with van der Waals surface area (Å²) in [6, 6.07) is 3.50. The number of aromatic nitrogens is 2. The molecule has 110 valence electrons. The maximum absolute atomic E-state index is 12.1. The van der Waals surface area contributed by atoms with Gasteiger partial charge in [-0.1, -0.05) is 0 Å². The number of hydrogen-bond acceptors (Lipinski definition) is 5. The van der Waals surface area contributed by atoms with Crippen LogP contribution < -0.4 is 5.32 Å². The van der Waals surface area contributed by atoms with E-state index < -0.39 is 0 Å². The molecule has 1 fully saturated rings. The number of anilines is 1. The van der Waals surface area contributed by atoms with Crippen molar-refractivity contribution in [3.63, 3.8) is 0 Å². The fourth-order valence-electron chi connectivity index (χ4n) is 2.24. The van der Waals surface area contributed by atoms with Crippen LogP contribution in [0.3, 0.4) is 0 Å². The smallest absolute Gasteiger partial charge is 0.274 e. The first-order valence-corrected chi connectivity index (χ1v) is 7.23. The molecule has 1 aromatic heterocycles. The number of rotatable bonds is 6. The molecule has 1 saturated heterocycles. The molecule has 0 spiro atoms. The first-order chi connectivity index (χ1) is 9.74. The van der Waals surface area contributed by atoms with Gasteiger partial charge >= 0.3 is 0 Å². The van der Waals surface area contributed by atoms with E-state index in [1.165, 1.54) is 0 Å². The van der Waals surface area contributed by atoms with Gasteiger partial charge in [-0.15, -0.1) is 10.2 Å². The van der Waals surface area contributed by atoms with Crippen LogP contribution in [0.2, 0.25) is 0 Å². The zero-order chi connectivity index (χ0) is 14.4. The summed E-state index contributed by atoms with van der Waals surface area (Å²) in [6.07, 6.45) is 2.46. The second kappa shape index (κ2) is 7.19. The quantitative estimate of drug-likeness (QED) is 0.855. The molecule has 1 unspecified atom stereocenters. The second-order valence-corrected chi connectivity index (χ2v) is 4.80. The first kappa shape index (κ1) is 14.7. The minimum absolute atomic E-state index is 0.0758. The van der Waals surface area contributed by atoms with Gasteiger partial charge in [-0.2, -0.15) is 0 Å². The third-order valence-electron chi connectivity index (χ3n) is 3.47. The predicted octanol–water partition coefficient (Wildman–Crippen LogP) is 1.55. The third-order valence-corrected chi connectivity index (χ3v) is 3.47. The molecule has 20 heavy (non-hydrogen) atoms. The van der Waals surface area contributed by atoms with Crippen molar-refractivity contribution in [1.29, 1.82) is 0 Å². The van der Waals surface area contributed by atoms with Gasteiger partial charge in [0, 0.05) is 26.2 Å². The monoisotopic (exact) mass is 278 g/mol. The number of nitrogens with zero attached hydrogens (tertiary/aromatic N) is 3. The van der Waals surface area contributed by atoms with Gasteiger partial charge in [-0.25, -0.2) is 0 Å². The lowest BCUT2D eigenvalue weighted by Crippen LogP contribution is -2.31. The Morgan fingerprint density at radius 1 is 1.40 bits per heavy atom. The Kier molecular flexibility index (Phi) is 5.29. The van der Waals surface area contributed by atoms with Gasteiger partial charge in [0.05, 0.1) is 6.10 Å². The Morgan fingerprint density at radius 3 is 2.75 bits per heavy atom. The van der Waals surface area contributed by atoms with Gasteiger partial charge in [-0.3, -0.25) is 4.79 Å². The van der Waals surface area contributed by atoms with Crippen molar-refractivity contribution < 1.29 is 9.53 Å². The Bertz CT molecular complexity index is 425. The van der Waals surface area contributed by atoms with Crippen LogP contribution in [-0.2, 0) is 4.74 Å². The molecule has 1 aliphatic heterocycles. The summed E-state index contributed by atoms with van der Waals surface area (Å²) in [4.78, 5) is 13.8. The molecule has 1 N–H and O–H groups in total. The Hall–Kier alpha value is -1.69. The molecule has 1 amide bonds. The summed E-state index contributed by atoms with van der Waals surface area (Å²) in [7, 11) is 0. The van der Waals surface area contributed by atoms with Crippen LogP contribution in [0.1, 0.15) is 37.2 Å². The van der Waals surface area contributed by atoms with E-state index in [1.807, 2.05) is 13.8 Å². The zero-order valence-electron chi connectivity index (χ0n) is 12.1. The van der Waals surface area contributed by atoms with Gasteiger partial charge < -0.3 is 15.0 Å². The molecule has 0 aromatic carbocycles. The number of amides is 1. The van der Waals surface area contributed by atoms with Crippen LogP contribution in [-0.4, -0.2) is 53.3 Å². The molecular weight excluding hydrogens is 256 g/mol. The van der Waals surface area contributed by atoms with Crippen molar-refractivity contribution in [3.8, 4) is 0 Å². The van der Waals surface area contributed by atoms with E-state index in [-0.39, 0.29) is 12.0 Å². The molecule has 0 bridgehead atoms. The Labute approximate surface area is 119 Å². The fraction of sp³-hybridized carbons (Fsp3) is 0.643. The SMILES string of the molecule is CCN(CC)C(=O)c1ccc(NCC2CCCO2)nn1. The van der Waals surface area contributed by atoms with Gasteiger partial charge in [-0.05, 0) is 38.8 Å². The summed E-state index contributed by atoms with van der Waals surface area (Å²) >= 11 is 0. The van der Waals surface area contributed by atoms with Crippen molar-refractivity contribution >= 4 is 11.7 Å². The van der Waals surface area contributed by atoms with Crippen LogP contribution in [0.15, 0.2) is 12.1 Å². The van der Waals surface area contributed by atoms with Gasteiger partial charge in [0.1, 0.15) is 5.82 Å². The van der Waals surface area contributed by atoms with Gasteiger partial charge in [0.25, 0.3) is 5.91 Å². The number of ether oxygens (including phenoxy) is 1. The summed E-state index contributed by atoms with van der Waals surface area (Å²) in [5.41, 5.74) is 0.386.